The van der Waals surface area contributed by atoms with Crippen LogP contribution in [0, 0.1) is 29.1 Å². The van der Waals surface area contributed by atoms with Crippen LogP contribution in [-0.2, 0) is 23.9 Å². The number of carbonyl (C=O) groups excluding carboxylic acids is 4. The van der Waals surface area contributed by atoms with Gasteiger partial charge in [0.15, 0.2) is 0 Å². The summed E-state index contributed by atoms with van der Waals surface area (Å²) in [7, 11) is 0. The van der Waals surface area contributed by atoms with Crippen molar-refractivity contribution in [2.24, 2.45) is 29.1 Å². The van der Waals surface area contributed by atoms with Gasteiger partial charge < -0.3 is 19.5 Å². The number of benzene rings is 3. The number of hydrogen-bond donors (Lipinski definition) is 1. The van der Waals surface area contributed by atoms with Crippen molar-refractivity contribution >= 4 is 40.7 Å². The fourth-order valence-corrected chi connectivity index (χ4v) is 9.08. The summed E-state index contributed by atoms with van der Waals surface area (Å²) in [5, 5.41) is 9.59. The van der Waals surface area contributed by atoms with Gasteiger partial charge in [0, 0.05) is 30.3 Å². The topological polar surface area (TPSA) is 117 Å². The molecule has 49 heavy (non-hydrogen) atoms. The first-order valence-corrected chi connectivity index (χ1v) is 17.1. The molecule has 8 rings (SSSR count). The molecule has 0 aromatic heterocycles. The van der Waals surface area contributed by atoms with E-state index in [9.17, 15) is 24.3 Å². The minimum atomic E-state index is -1.18. The summed E-state index contributed by atoms with van der Waals surface area (Å²) < 4.78 is 11.5. The summed E-state index contributed by atoms with van der Waals surface area (Å²) in [4.78, 5) is 62.4. The number of aliphatic hydroxyl groups excluding tert-OH is 1. The van der Waals surface area contributed by atoms with Gasteiger partial charge in [-0.05, 0) is 68.1 Å². The van der Waals surface area contributed by atoms with Crippen molar-refractivity contribution < 1.29 is 33.8 Å². The molecule has 5 aliphatic rings. The van der Waals surface area contributed by atoms with Crippen LogP contribution in [-0.4, -0.2) is 68.3 Å². The number of ether oxygens (including phenoxy) is 2. The lowest BCUT2D eigenvalue weighted by Gasteiger charge is -2.49. The summed E-state index contributed by atoms with van der Waals surface area (Å²) in [5.41, 5.74) is 2.48. The molecule has 6 unspecified atom stereocenters. The molecule has 4 amide bonds. The predicted octanol–water partition coefficient (Wildman–Crippen LogP) is 4.33. The Morgan fingerprint density at radius 2 is 1.47 bits per heavy atom. The summed E-state index contributed by atoms with van der Waals surface area (Å²) in [6, 6.07) is 23.9. The predicted molar refractivity (Wildman–Crippen MR) is 182 cm³/mol. The van der Waals surface area contributed by atoms with Gasteiger partial charge in [-0.1, -0.05) is 48.0 Å². The van der Waals surface area contributed by atoms with Crippen LogP contribution < -0.4 is 19.4 Å². The van der Waals surface area contributed by atoms with Gasteiger partial charge >= 0.3 is 0 Å². The van der Waals surface area contributed by atoms with E-state index in [0.717, 1.165) is 29.9 Å². The molecule has 0 bridgehead atoms. The number of carbonyl (C=O) groups is 4. The molecule has 3 aromatic carbocycles. The molecule has 3 aliphatic heterocycles. The lowest BCUT2D eigenvalue weighted by Crippen LogP contribution is -2.49. The third-order valence-corrected chi connectivity index (χ3v) is 11.4. The van der Waals surface area contributed by atoms with Gasteiger partial charge in [-0.3, -0.25) is 24.1 Å². The van der Waals surface area contributed by atoms with Gasteiger partial charge in [-0.25, -0.2) is 4.90 Å². The standard InChI is InChI=1S/C39H39N3O7/c1-39-31(36(45)42(38(39)47)25-7-3-2-4-8-25)23-30-27(34(39)28-9-5-6-10-32(28)49-22-19-43)15-16-29-33(30)37(46)41(35(29)44)26-13-11-24(12-14-26)40-17-20-48-21-18-40/h2-15,29-31,33-34,43H,16-23H2,1H3. The number of amides is 4. The zero-order chi connectivity index (χ0) is 33.9. The Morgan fingerprint density at radius 1 is 0.796 bits per heavy atom. The Labute approximate surface area is 284 Å². The van der Waals surface area contributed by atoms with E-state index < -0.39 is 35.0 Å². The number of allylic oxidation sites excluding steroid dienone is 2. The number of imide groups is 2. The zero-order valence-electron chi connectivity index (χ0n) is 27.4. The van der Waals surface area contributed by atoms with Crippen molar-refractivity contribution in [2.75, 3.05) is 54.2 Å². The molecule has 4 fully saturated rings. The molecule has 0 radical (unpaired) electrons. The molecule has 0 spiro atoms. The van der Waals surface area contributed by atoms with E-state index in [1.54, 1.807) is 24.3 Å². The van der Waals surface area contributed by atoms with Crippen LogP contribution in [0.15, 0.2) is 90.5 Å². The van der Waals surface area contributed by atoms with Crippen LogP contribution in [0.4, 0.5) is 17.1 Å². The molecule has 1 N–H and O–H groups in total. The minimum Gasteiger partial charge on any atom is -0.491 e. The van der Waals surface area contributed by atoms with E-state index in [4.69, 9.17) is 9.47 Å². The fourth-order valence-electron chi connectivity index (χ4n) is 9.08. The molecule has 252 valence electrons. The van der Waals surface area contributed by atoms with Gasteiger partial charge in [0.25, 0.3) is 0 Å². The molecule has 3 saturated heterocycles. The highest BCUT2D eigenvalue weighted by molar-refractivity contribution is 6.25. The maximum absolute atomic E-state index is 14.6. The number of fused-ring (bicyclic) bond motifs is 4. The van der Waals surface area contributed by atoms with E-state index in [1.807, 2.05) is 67.6 Å². The fraction of sp³-hybridized carbons (Fsp3) is 0.385. The number of rotatable bonds is 7. The molecular weight excluding hydrogens is 622 g/mol. The van der Waals surface area contributed by atoms with Crippen LogP contribution in [0.5, 0.6) is 5.75 Å². The van der Waals surface area contributed by atoms with Gasteiger partial charge in [0.05, 0.1) is 54.4 Å². The Morgan fingerprint density at radius 3 is 2.20 bits per heavy atom. The smallest absolute Gasteiger partial charge is 0.241 e. The molecule has 10 nitrogen and oxygen atoms in total. The second kappa shape index (κ2) is 12.3. The number of hydrogen-bond acceptors (Lipinski definition) is 8. The lowest BCUT2D eigenvalue weighted by molar-refractivity contribution is -0.131. The highest BCUT2D eigenvalue weighted by atomic mass is 16.5. The van der Waals surface area contributed by atoms with E-state index in [-0.39, 0.29) is 43.3 Å². The summed E-state index contributed by atoms with van der Waals surface area (Å²) >= 11 is 0. The maximum atomic E-state index is 14.6. The first kappa shape index (κ1) is 31.5. The molecule has 10 heteroatoms. The first-order valence-electron chi connectivity index (χ1n) is 17.1. The highest BCUT2D eigenvalue weighted by Crippen LogP contribution is 2.64. The van der Waals surface area contributed by atoms with Crippen LogP contribution >= 0.6 is 0 Å². The second-order valence-corrected chi connectivity index (χ2v) is 13.7. The minimum absolute atomic E-state index is 0.0618. The van der Waals surface area contributed by atoms with Crippen molar-refractivity contribution in [1.29, 1.82) is 0 Å². The third-order valence-electron chi connectivity index (χ3n) is 11.4. The van der Waals surface area contributed by atoms with Gasteiger partial charge in [0.2, 0.25) is 23.6 Å². The number of anilines is 3. The average molecular weight is 662 g/mol. The molecular formula is C39H39N3O7. The Kier molecular flexibility index (Phi) is 7.88. The molecule has 1 saturated carbocycles. The number of morpholine rings is 1. The van der Waals surface area contributed by atoms with Crippen LogP contribution in [0.1, 0.15) is 31.2 Å². The summed E-state index contributed by atoms with van der Waals surface area (Å²) in [5.74, 6) is -3.59. The van der Waals surface area contributed by atoms with E-state index in [2.05, 4.69) is 4.90 Å². The van der Waals surface area contributed by atoms with Crippen molar-refractivity contribution in [3.63, 3.8) is 0 Å². The molecule has 3 aromatic rings. The maximum Gasteiger partial charge on any atom is 0.241 e. The van der Waals surface area contributed by atoms with Gasteiger partial charge in [0.1, 0.15) is 12.4 Å². The molecule has 6 atom stereocenters. The van der Waals surface area contributed by atoms with Gasteiger partial charge in [-0.15, -0.1) is 0 Å². The zero-order valence-corrected chi connectivity index (χ0v) is 27.4. The molecule has 3 heterocycles. The Bertz CT molecular complexity index is 1840. The van der Waals surface area contributed by atoms with Crippen LogP contribution in [0.2, 0.25) is 0 Å². The van der Waals surface area contributed by atoms with Crippen molar-refractivity contribution in [3.05, 3.63) is 96.1 Å². The second-order valence-electron chi connectivity index (χ2n) is 13.7. The van der Waals surface area contributed by atoms with E-state index >= 15 is 0 Å². The SMILES string of the molecule is CC12C(=O)N(c3ccccc3)C(=O)C1CC1C(=CCC3C(=O)N(c4ccc(N5CCOCC5)cc4)C(=O)C31)C2c1ccccc1OCCO. The van der Waals surface area contributed by atoms with E-state index in [1.165, 1.54) is 9.80 Å². The van der Waals surface area contributed by atoms with Crippen LogP contribution in [0.25, 0.3) is 0 Å². The van der Waals surface area contributed by atoms with E-state index in [0.29, 0.717) is 36.8 Å². The van der Waals surface area contributed by atoms with Gasteiger partial charge in [-0.2, -0.15) is 0 Å². The van der Waals surface area contributed by atoms with Crippen LogP contribution in [0.3, 0.4) is 0 Å². The summed E-state index contributed by atoms with van der Waals surface area (Å²) in [6.45, 7) is 4.60. The summed E-state index contributed by atoms with van der Waals surface area (Å²) in [6.07, 6.45) is 2.67. The number of aliphatic hydroxyl groups is 1. The highest BCUT2D eigenvalue weighted by Gasteiger charge is 2.68. The Hall–Kier alpha value is -4.80. The first-order chi connectivity index (χ1) is 23.8. The third kappa shape index (κ3) is 4.83. The van der Waals surface area contributed by atoms with Crippen molar-refractivity contribution in [1.82, 2.24) is 0 Å². The van der Waals surface area contributed by atoms with Crippen molar-refractivity contribution in [3.8, 4) is 5.75 Å². The largest absolute Gasteiger partial charge is 0.491 e. The lowest BCUT2D eigenvalue weighted by atomic mass is 9.51. The monoisotopic (exact) mass is 661 g/mol. The normalized spacial score (nSPS) is 29.5. The Balaban J connectivity index is 1.20. The number of nitrogens with zero attached hydrogens (tertiary/aromatic N) is 3. The number of para-hydroxylation sites is 2. The molecule has 2 aliphatic carbocycles. The average Bonchev–Trinajstić information content (AvgIpc) is 3.51. The van der Waals surface area contributed by atoms with Crippen molar-refractivity contribution in [2.45, 2.75) is 25.7 Å². The quantitative estimate of drug-likeness (QED) is 0.294.